The highest BCUT2D eigenvalue weighted by Gasteiger charge is 2.11. The summed E-state index contributed by atoms with van der Waals surface area (Å²) in [7, 11) is 0. The van der Waals surface area contributed by atoms with Gasteiger partial charge in [0.15, 0.2) is 17.4 Å². The van der Waals surface area contributed by atoms with Crippen molar-refractivity contribution >= 4 is 17.5 Å². The normalized spacial score (nSPS) is 12.5. The van der Waals surface area contributed by atoms with Gasteiger partial charge in [0.25, 0.3) is 0 Å². The van der Waals surface area contributed by atoms with E-state index in [4.69, 9.17) is 10.2 Å². The van der Waals surface area contributed by atoms with Crippen molar-refractivity contribution in [1.82, 2.24) is 0 Å². The molecule has 0 aliphatic rings. The number of benzene rings is 1. The minimum absolute atomic E-state index is 0.0438. The molecule has 3 nitrogen and oxygen atoms in total. The first kappa shape index (κ1) is 14.1. The summed E-state index contributed by atoms with van der Waals surface area (Å²) in [5.74, 6) is -2.14. The van der Waals surface area contributed by atoms with Crippen LogP contribution in [0.3, 0.4) is 0 Å². The first-order chi connectivity index (χ1) is 8.04. The molecule has 0 saturated heterocycles. The van der Waals surface area contributed by atoms with Gasteiger partial charge >= 0.3 is 0 Å². The van der Waals surface area contributed by atoms with Crippen LogP contribution in [-0.2, 0) is 0 Å². The summed E-state index contributed by atoms with van der Waals surface area (Å²) >= 11 is 1.12. The molecule has 0 heterocycles. The Kier molecular flexibility index (Phi) is 5.54. The van der Waals surface area contributed by atoms with Gasteiger partial charge in [0.2, 0.25) is 0 Å². The molecule has 0 saturated carbocycles. The zero-order chi connectivity index (χ0) is 12.8. The lowest BCUT2D eigenvalue weighted by molar-refractivity contribution is 0.102. The van der Waals surface area contributed by atoms with Crippen molar-refractivity contribution in [3.05, 3.63) is 35.4 Å². The highest BCUT2D eigenvalue weighted by molar-refractivity contribution is 8.00. The van der Waals surface area contributed by atoms with Gasteiger partial charge in [0, 0.05) is 11.3 Å². The Bertz CT molecular complexity index is 398. The van der Waals surface area contributed by atoms with Crippen molar-refractivity contribution in [3.63, 3.8) is 0 Å². The van der Waals surface area contributed by atoms with E-state index in [1.165, 1.54) is 6.07 Å². The Morgan fingerprint density at radius 2 is 2.06 bits per heavy atom. The van der Waals surface area contributed by atoms with Gasteiger partial charge in [-0.2, -0.15) is 11.8 Å². The van der Waals surface area contributed by atoms with Crippen LogP contribution in [0, 0.1) is 11.6 Å². The number of Topliss-reactive ketones (excluding diaryl/α,β-unsaturated/α-hetero) is 1. The van der Waals surface area contributed by atoms with E-state index in [9.17, 15) is 13.6 Å². The molecule has 0 bridgehead atoms. The Morgan fingerprint density at radius 3 is 2.65 bits per heavy atom. The maximum Gasteiger partial charge on any atom is 0.172 e. The van der Waals surface area contributed by atoms with Crippen LogP contribution >= 0.6 is 11.8 Å². The fourth-order valence-corrected chi connectivity index (χ4v) is 1.94. The van der Waals surface area contributed by atoms with E-state index in [1.54, 1.807) is 0 Å². The second-order valence-corrected chi connectivity index (χ2v) is 4.43. The van der Waals surface area contributed by atoms with Gasteiger partial charge in [0.05, 0.1) is 18.5 Å². The topological polar surface area (TPSA) is 57.5 Å². The van der Waals surface area contributed by atoms with Crippen molar-refractivity contribution < 1.29 is 23.8 Å². The predicted octanol–water partition coefficient (Wildman–Crippen LogP) is 1.23. The van der Waals surface area contributed by atoms with E-state index < -0.39 is 17.7 Å². The zero-order valence-corrected chi connectivity index (χ0v) is 9.71. The molecular formula is C11H12F2O3S. The Morgan fingerprint density at radius 1 is 1.35 bits per heavy atom. The molecule has 0 aliphatic heterocycles. The molecule has 1 aromatic rings. The van der Waals surface area contributed by atoms with E-state index in [0.717, 1.165) is 23.9 Å². The lowest BCUT2D eigenvalue weighted by atomic mass is 10.1. The lowest BCUT2D eigenvalue weighted by Crippen LogP contribution is -2.16. The molecule has 1 rings (SSSR count). The largest absolute Gasteiger partial charge is 0.394 e. The third-order valence-corrected chi connectivity index (χ3v) is 3.08. The first-order valence-electron chi connectivity index (χ1n) is 4.89. The third-order valence-electron chi connectivity index (χ3n) is 2.00. The molecule has 2 N–H and O–H groups in total. The number of carbonyl (C=O) groups excluding carboxylic acids is 1. The first-order valence-corrected chi connectivity index (χ1v) is 6.05. The minimum atomic E-state index is -1.06. The SMILES string of the molecule is O=C(CSCC(O)CO)c1ccc(F)c(F)c1. The Hall–Kier alpha value is -0.980. The average Bonchev–Trinajstić information content (AvgIpc) is 2.32. The fourth-order valence-electron chi connectivity index (χ4n) is 1.09. The minimum Gasteiger partial charge on any atom is -0.394 e. The molecule has 6 heteroatoms. The smallest absolute Gasteiger partial charge is 0.172 e. The van der Waals surface area contributed by atoms with Gasteiger partial charge in [-0.05, 0) is 18.2 Å². The summed E-state index contributed by atoms with van der Waals surface area (Å²) < 4.78 is 25.5. The number of rotatable bonds is 6. The fraction of sp³-hybridized carbons (Fsp3) is 0.364. The summed E-state index contributed by atoms with van der Waals surface area (Å²) in [5, 5.41) is 17.6. The number of aliphatic hydroxyl groups excluding tert-OH is 2. The Balaban J connectivity index is 2.50. The van der Waals surface area contributed by atoms with Crippen molar-refractivity contribution in [3.8, 4) is 0 Å². The highest BCUT2D eigenvalue weighted by atomic mass is 32.2. The van der Waals surface area contributed by atoms with E-state index in [1.807, 2.05) is 0 Å². The van der Waals surface area contributed by atoms with Gasteiger partial charge in [0.1, 0.15) is 0 Å². The molecule has 0 aliphatic carbocycles. The average molecular weight is 262 g/mol. The maximum absolute atomic E-state index is 12.8. The van der Waals surface area contributed by atoms with Crippen LogP contribution in [0.5, 0.6) is 0 Å². The molecule has 0 radical (unpaired) electrons. The number of aliphatic hydroxyl groups is 2. The van der Waals surface area contributed by atoms with Crippen molar-refractivity contribution in [2.75, 3.05) is 18.1 Å². The van der Waals surface area contributed by atoms with Crippen LogP contribution < -0.4 is 0 Å². The van der Waals surface area contributed by atoms with E-state index in [2.05, 4.69) is 0 Å². The van der Waals surface area contributed by atoms with Crippen LogP contribution in [0.1, 0.15) is 10.4 Å². The van der Waals surface area contributed by atoms with Gasteiger partial charge in [-0.3, -0.25) is 4.79 Å². The van der Waals surface area contributed by atoms with Crippen LogP contribution in [0.4, 0.5) is 8.78 Å². The van der Waals surface area contributed by atoms with E-state index >= 15 is 0 Å². The van der Waals surface area contributed by atoms with Crippen molar-refractivity contribution in [2.24, 2.45) is 0 Å². The number of thioether (sulfide) groups is 1. The van der Waals surface area contributed by atoms with Crippen molar-refractivity contribution in [2.45, 2.75) is 6.10 Å². The highest BCUT2D eigenvalue weighted by Crippen LogP contribution is 2.12. The van der Waals surface area contributed by atoms with Gasteiger partial charge in [-0.15, -0.1) is 0 Å². The summed E-state index contributed by atoms with van der Waals surface area (Å²) in [6, 6.07) is 2.96. The monoisotopic (exact) mass is 262 g/mol. The molecule has 94 valence electrons. The molecule has 1 atom stereocenters. The summed E-state index contributed by atoms with van der Waals surface area (Å²) in [6.07, 6.45) is -0.877. The molecule has 0 amide bonds. The van der Waals surface area contributed by atoms with Crippen LogP contribution in [0.15, 0.2) is 18.2 Å². The third kappa shape index (κ3) is 4.41. The second-order valence-electron chi connectivity index (χ2n) is 3.40. The van der Waals surface area contributed by atoms with E-state index in [-0.39, 0.29) is 29.5 Å². The van der Waals surface area contributed by atoms with Gasteiger partial charge in [-0.1, -0.05) is 0 Å². The molecular weight excluding hydrogens is 250 g/mol. The molecule has 1 unspecified atom stereocenters. The summed E-state index contributed by atoms with van der Waals surface area (Å²) in [4.78, 5) is 11.5. The second kappa shape index (κ2) is 6.68. The summed E-state index contributed by atoms with van der Waals surface area (Å²) in [6.45, 7) is -0.369. The maximum atomic E-state index is 12.8. The molecule has 0 spiro atoms. The number of ketones is 1. The standard InChI is InChI=1S/C11H12F2O3S/c12-9-2-1-7(3-10(9)13)11(16)6-17-5-8(15)4-14/h1-3,8,14-15H,4-6H2. The van der Waals surface area contributed by atoms with Crippen molar-refractivity contribution in [1.29, 1.82) is 0 Å². The van der Waals surface area contributed by atoms with Gasteiger partial charge < -0.3 is 10.2 Å². The van der Waals surface area contributed by atoms with Crippen LogP contribution in [-0.4, -0.2) is 40.2 Å². The van der Waals surface area contributed by atoms with Crippen LogP contribution in [0.2, 0.25) is 0 Å². The number of hydrogen-bond donors (Lipinski definition) is 2. The quantitative estimate of drug-likeness (QED) is 0.757. The molecule has 17 heavy (non-hydrogen) atoms. The number of halogens is 2. The van der Waals surface area contributed by atoms with Crippen LogP contribution in [0.25, 0.3) is 0 Å². The predicted molar refractivity (Wildman–Crippen MR) is 61.1 cm³/mol. The number of hydrogen-bond acceptors (Lipinski definition) is 4. The molecule has 1 aromatic carbocycles. The Labute approximate surface area is 101 Å². The lowest BCUT2D eigenvalue weighted by Gasteiger charge is -2.06. The van der Waals surface area contributed by atoms with Gasteiger partial charge in [-0.25, -0.2) is 8.78 Å². The van der Waals surface area contributed by atoms with E-state index in [0.29, 0.717) is 0 Å². The number of carbonyl (C=O) groups is 1. The molecule has 0 fully saturated rings. The summed E-state index contributed by atoms with van der Waals surface area (Å²) in [5.41, 5.74) is 0.0925. The molecule has 0 aromatic heterocycles. The zero-order valence-electron chi connectivity index (χ0n) is 8.90.